The summed E-state index contributed by atoms with van der Waals surface area (Å²) in [5, 5.41) is 9.50. The molecule has 3 nitrogen and oxygen atoms in total. The standard InChI is InChI=1S/C14H20FNO2/c1-3-10(2)8-14(9-16,13(17)18)11-6-4-5-7-12(11)15/h4-7,10H,3,8-9,16H2,1-2H3,(H,17,18). The summed E-state index contributed by atoms with van der Waals surface area (Å²) < 4.78 is 13.9. The predicted molar refractivity (Wildman–Crippen MR) is 68.8 cm³/mol. The Morgan fingerprint density at radius 2 is 2.11 bits per heavy atom. The molecule has 2 unspecified atom stereocenters. The van der Waals surface area contributed by atoms with Crippen molar-refractivity contribution in [2.45, 2.75) is 32.1 Å². The number of hydrogen-bond acceptors (Lipinski definition) is 2. The van der Waals surface area contributed by atoms with Crippen LogP contribution in [-0.2, 0) is 10.2 Å². The van der Waals surface area contributed by atoms with Gasteiger partial charge in [0.2, 0.25) is 0 Å². The SMILES string of the molecule is CCC(C)CC(CN)(C(=O)O)c1ccccc1F. The van der Waals surface area contributed by atoms with Crippen LogP contribution in [0.2, 0.25) is 0 Å². The summed E-state index contributed by atoms with van der Waals surface area (Å²) >= 11 is 0. The highest BCUT2D eigenvalue weighted by Crippen LogP contribution is 2.33. The monoisotopic (exact) mass is 253 g/mol. The molecule has 0 aliphatic carbocycles. The molecule has 0 aliphatic rings. The Morgan fingerprint density at radius 3 is 2.56 bits per heavy atom. The van der Waals surface area contributed by atoms with Crippen LogP contribution in [0.15, 0.2) is 24.3 Å². The molecule has 0 amide bonds. The topological polar surface area (TPSA) is 63.3 Å². The Hall–Kier alpha value is -1.42. The number of nitrogens with two attached hydrogens (primary N) is 1. The van der Waals surface area contributed by atoms with Gasteiger partial charge in [0, 0.05) is 12.1 Å². The lowest BCUT2D eigenvalue weighted by molar-refractivity contribution is -0.144. The molecule has 0 saturated heterocycles. The van der Waals surface area contributed by atoms with E-state index in [0.29, 0.717) is 6.42 Å². The molecule has 4 heteroatoms. The van der Waals surface area contributed by atoms with Crippen molar-refractivity contribution in [3.8, 4) is 0 Å². The lowest BCUT2D eigenvalue weighted by Crippen LogP contribution is -2.45. The zero-order valence-electron chi connectivity index (χ0n) is 10.8. The van der Waals surface area contributed by atoms with Crippen molar-refractivity contribution in [3.05, 3.63) is 35.6 Å². The Balaban J connectivity index is 3.28. The Labute approximate surface area is 107 Å². The van der Waals surface area contributed by atoms with Gasteiger partial charge in [-0.1, -0.05) is 38.5 Å². The number of halogens is 1. The summed E-state index contributed by atoms with van der Waals surface area (Å²) in [6.07, 6.45) is 1.18. The Morgan fingerprint density at radius 1 is 1.50 bits per heavy atom. The van der Waals surface area contributed by atoms with Gasteiger partial charge in [-0.25, -0.2) is 4.39 Å². The molecule has 3 N–H and O–H groups in total. The van der Waals surface area contributed by atoms with Crippen molar-refractivity contribution in [2.75, 3.05) is 6.54 Å². The van der Waals surface area contributed by atoms with Crippen LogP contribution in [0.5, 0.6) is 0 Å². The van der Waals surface area contributed by atoms with E-state index in [2.05, 4.69) is 0 Å². The summed E-state index contributed by atoms with van der Waals surface area (Å²) in [7, 11) is 0. The fourth-order valence-corrected chi connectivity index (χ4v) is 2.18. The molecular formula is C14H20FNO2. The highest BCUT2D eigenvalue weighted by Gasteiger charge is 2.41. The van der Waals surface area contributed by atoms with Crippen LogP contribution in [0.25, 0.3) is 0 Å². The normalized spacial score (nSPS) is 16.0. The molecule has 0 aliphatic heterocycles. The third-order valence-electron chi connectivity index (χ3n) is 3.54. The van der Waals surface area contributed by atoms with Crippen molar-refractivity contribution >= 4 is 5.97 Å². The van der Waals surface area contributed by atoms with Crippen LogP contribution in [0.1, 0.15) is 32.3 Å². The molecule has 100 valence electrons. The zero-order valence-corrected chi connectivity index (χ0v) is 10.8. The summed E-state index contributed by atoms with van der Waals surface area (Å²) in [5.41, 5.74) is 4.51. The molecule has 2 atom stereocenters. The summed E-state index contributed by atoms with van der Waals surface area (Å²) in [6, 6.07) is 5.98. The van der Waals surface area contributed by atoms with E-state index in [1.165, 1.54) is 12.1 Å². The first kappa shape index (κ1) is 14.6. The van der Waals surface area contributed by atoms with E-state index in [1.54, 1.807) is 12.1 Å². The van der Waals surface area contributed by atoms with Crippen LogP contribution < -0.4 is 5.73 Å². The molecule has 0 spiro atoms. The first-order chi connectivity index (χ1) is 8.47. The number of rotatable bonds is 6. The number of aliphatic carboxylic acids is 1. The lowest BCUT2D eigenvalue weighted by atomic mass is 9.73. The van der Waals surface area contributed by atoms with Gasteiger partial charge in [0.05, 0.1) is 0 Å². The van der Waals surface area contributed by atoms with Crippen molar-refractivity contribution in [2.24, 2.45) is 11.7 Å². The van der Waals surface area contributed by atoms with Gasteiger partial charge in [0.1, 0.15) is 11.2 Å². The highest BCUT2D eigenvalue weighted by molar-refractivity contribution is 5.82. The molecule has 0 bridgehead atoms. The van der Waals surface area contributed by atoms with Crippen LogP contribution >= 0.6 is 0 Å². The summed E-state index contributed by atoms with van der Waals surface area (Å²) in [4.78, 5) is 11.6. The number of carbonyl (C=O) groups is 1. The second-order valence-corrected chi connectivity index (χ2v) is 4.79. The van der Waals surface area contributed by atoms with Gasteiger partial charge >= 0.3 is 5.97 Å². The molecule has 0 radical (unpaired) electrons. The van der Waals surface area contributed by atoms with Gasteiger partial charge in [-0.05, 0) is 18.4 Å². The average Bonchev–Trinajstić information content (AvgIpc) is 2.36. The van der Waals surface area contributed by atoms with E-state index in [9.17, 15) is 14.3 Å². The largest absolute Gasteiger partial charge is 0.481 e. The maximum Gasteiger partial charge on any atom is 0.315 e. The zero-order chi connectivity index (χ0) is 13.8. The van der Waals surface area contributed by atoms with Crippen molar-refractivity contribution in [3.63, 3.8) is 0 Å². The van der Waals surface area contributed by atoms with E-state index < -0.39 is 17.2 Å². The molecule has 0 fully saturated rings. The number of carboxylic acid groups (broad SMARTS) is 1. The quantitative estimate of drug-likeness (QED) is 0.819. The van der Waals surface area contributed by atoms with Gasteiger partial charge in [-0.15, -0.1) is 0 Å². The van der Waals surface area contributed by atoms with Crippen molar-refractivity contribution in [1.29, 1.82) is 0 Å². The first-order valence-corrected chi connectivity index (χ1v) is 6.16. The number of benzene rings is 1. The lowest BCUT2D eigenvalue weighted by Gasteiger charge is -2.31. The molecule has 1 aromatic rings. The smallest absolute Gasteiger partial charge is 0.315 e. The molecule has 0 aromatic heterocycles. The minimum Gasteiger partial charge on any atom is -0.481 e. The summed E-state index contributed by atoms with van der Waals surface area (Å²) in [6.45, 7) is 3.83. The Bertz CT molecular complexity index is 422. The Kier molecular flexibility index (Phi) is 4.84. The van der Waals surface area contributed by atoms with E-state index in [4.69, 9.17) is 5.73 Å². The van der Waals surface area contributed by atoms with Crippen LogP contribution in [0, 0.1) is 11.7 Å². The van der Waals surface area contributed by atoms with E-state index in [0.717, 1.165) is 6.42 Å². The number of carboxylic acids is 1. The fourth-order valence-electron chi connectivity index (χ4n) is 2.18. The van der Waals surface area contributed by atoms with E-state index in [1.807, 2.05) is 13.8 Å². The molecule has 1 aromatic carbocycles. The average molecular weight is 253 g/mol. The van der Waals surface area contributed by atoms with Crippen LogP contribution in [-0.4, -0.2) is 17.6 Å². The van der Waals surface area contributed by atoms with E-state index >= 15 is 0 Å². The maximum absolute atomic E-state index is 13.9. The first-order valence-electron chi connectivity index (χ1n) is 6.16. The van der Waals surface area contributed by atoms with Crippen molar-refractivity contribution < 1.29 is 14.3 Å². The molecule has 18 heavy (non-hydrogen) atoms. The second-order valence-electron chi connectivity index (χ2n) is 4.79. The summed E-state index contributed by atoms with van der Waals surface area (Å²) in [5.74, 6) is -1.40. The van der Waals surface area contributed by atoms with Gasteiger partial charge < -0.3 is 10.8 Å². The number of hydrogen-bond donors (Lipinski definition) is 2. The van der Waals surface area contributed by atoms with Gasteiger partial charge in [0.15, 0.2) is 0 Å². The molecular weight excluding hydrogens is 233 g/mol. The van der Waals surface area contributed by atoms with E-state index in [-0.39, 0.29) is 18.0 Å². The highest BCUT2D eigenvalue weighted by atomic mass is 19.1. The maximum atomic E-state index is 13.9. The van der Waals surface area contributed by atoms with Gasteiger partial charge in [-0.2, -0.15) is 0 Å². The van der Waals surface area contributed by atoms with Crippen LogP contribution in [0.4, 0.5) is 4.39 Å². The molecule has 0 heterocycles. The van der Waals surface area contributed by atoms with Crippen LogP contribution in [0.3, 0.4) is 0 Å². The predicted octanol–water partition coefficient (Wildman–Crippen LogP) is 2.54. The minimum atomic E-state index is -1.33. The molecule has 1 rings (SSSR count). The fraction of sp³-hybridized carbons (Fsp3) is 0.500. The minimum absolute atomic E-state index is 0.104. The van der Waals surface area contributed by atoms with Gasteiger partial charge in [0.25, 0.3) is 0 Å². The third kappa shape index (κ3) is 2.70. The third-order valence-corrected chi connectivity index (χ3v) is 3.54. The van der Waals surface area contributed by atoms with Crippen molar-refractivity contribution in [1.82, 2.24) is 0 Å². The second kappa shape index (κ2) is 5.96. The molecule has 0 saturated carbocycles. The van der Waals surface area contributed by atoms with Gasteiger partial charge in [-0.3, -0.25) is 4.79 Å².